The summed E-state index contributed by atoms with van der Waals surface area (Å²) in [6, 6.07) is 13.9. The first kappa shape index (κ1) is 17.0. The second-order valence-electron chi connectivity index (χ2n) is 5.57. The standard InChI is InChI=1S/C19H22FNO2/c1-3-14(2)16-6-10-18(11-7-16)23-13-19(22)21-12-15-4-8-17(20)9-5-15/h4-11,14H,3,12-13H2,1-2H3,(H,21,22)/t14-/m0/s1. The predicted molar refractivity (Wildman–Crippen MR) is 88.9 cm³/mol. The summed E-state index contributed by atoms with van der Waals surface area (Å²) in [6.45, 7) is 4.65. The van der Waals surface area contributed by atoms with Gasteiger partial charge in [0.15, 0.2) is 6.61 Å². The zero-order valence-electron chi connectivity index (χ0n) is 13.5. The summed E-state index contributed by atoms with van der Waals surface area (Å²) in [7, 11) is 0. The van der Waals surface area contributed by atoms with Crippen LogP contribution in [0.15, 0.2) is 48.5 Å². The summed E-state index contributed by atoms with van der Waals surface area (Å²) in [5.41, 5.74) is 2.11. The fourth-order valence-corrected chi connectivity index (χ4v) is 2.13. The van der Waals surface area contributed by atoms with Crippen molar-refractivity contribution in [2.75, 3.05) is 6.61 Å². The Hall–Kier alpha value is -2.36. The van der Waals surface area contributed by atoms with Gasteiger partial charge < -0.3 is 10.1 Å². The molecule has 0 aliphatic carbocycles. The molecule has 0 bridgehead atoms. The summed E-state index contributed by atoms with van der Waals surface area (Å²) in [6.07, 6.45) is 1.09. The van der Waals surface area contributed by atoms with Gasteiger partial charge in [-0.25, -0.2) is 4.39 Å². The van der Waals surface area contributed by atoms with Crippen LogP contribution in [0.3, 0.4) is 0 Å². The van der Waals surface area contributed by atoms with E-state index in [0.29, 0.717) is 18.2 Å². The van der Waals surface area contributed by atoms with Gasteiger partial charge in [0.1, 0.15) is 11.6 Å². The molecule has 2 aromatic carbocycles. The maximum Gasteiger partial charge on any atom is 0.258 e. The first-order chi connectivity index (χ1) is 11.1. The maximum atomic E-state index is 12.8. The molecule has 0 heterocycles. The van der Waals surface area contributed by atoms with Gasteiger partial charge in [0, 0.05) is 6.54 Å². The molecule has 3 nitrogen and oxygen atoms in total. The van der Waals surface area contributed by atoms with E-state index in [9.17, 15) is 9.18 Å². The van der Waals surface area contributed by atoms with Crippen molar-refractivity contribution in [1.29, 1.82) is 0 Å². The Labute approximate surface area is 136 Å². The highest BCUT2D eigenvalue weighted by atomic mass is 19.1. The topological polar surface area (TPSA) is 38.3 Å². The molecule has 0 radical (unpaired) electrons. The lowest BCUT2D eigenvalue weighted by Gasteiger charge is -2.11. The van der Waals surface area contributed by atoms with Crippen LogP contribution in [0.2, 0.25) is 0 Å². The lowest BCUT2D eigenvalue weighted by atomic mass is 9.99. The number of hydrogen-bond acceptors (Lipinski definition) is 2. The Balaban J connectivity index is 1.76. The largest absolute Gasteiger partial charge is 0.484 e. The number of benzene rings is 2. The van der Waals surface area contributed by atoms with Gasteiger partial charge in [0.2, 0.25) is 0 Å². The van der Waals surface area contributed by atoms with Crippen LogP contribution in [0.1, 0.15) is 37.3 Å². The van der Waals surface area contributed by atoms with E-state index >= 15 is 0 Å². The van der Waals surface area contributed by atoms with Crippen LogP contribution in [0.4, 0.5) is 4.39 Å². The third-order valence-corrected chi connectivity index (χ3v) is 3.83. The summed E-state index contributed by atoms with van der Waals surface area (Å²) < 4.78 is 18.3. The molecule has 0 aliphatic rings. The highest BCUT2D eigenvalue weighted by Gasteiger charge is 2.05. The minimum atomic E-state index is -0.288. The number of ether oxygens (including phenoxy) is 1. The Morgan fingerprint density at radius 2 is 1.78 bits per heavy atom. The van der Waals surface area contributed by atoms with Crippen molar-refractivity contribution < 1.29 is 13.9 Å². The minimum Gasteiger partial charge on any atom is -0.484 e. The highest BCUT2D eigenvalue weighted by Crippen LogP contribution is 2.21. The van der Waals surface area contributed by atoms with Crippen molar-refractivity contribution in [1.82, 2.24) is 5.32 Å². The third kappa shape index (κ3) is 5.40. The quantitative estimate of drug-likeness (QED) is 0.837. The second kappa shape index (κ2) is 8.32. The van der Waals surface area contributed by atoms with Gasteiger partial charge in [0.05, 0.1) is 0 Å². The van der Waals surface area contributed by atoms with Gasteiger partial charge in [-0.3, -0.25) is 4.79 Å². The number of carbonyl (C=O) groups is 1. The summed E-state index contributed by atoms with van der Waals surface area (Å²) in [5.74, 6) is 0.696. The Kier molecular flexibility index (Phi) is 6.15. The second-order valence-corrected chi connectivity index (χ2v) is 5.57. The molecule has 0 unspecified atom stereocenters. The van der Waals surface area contributed by atoms with E-state index in [1.54, 1.807) is 12.1 Å². The number of carbonyl (C=O) groups excluding carboxylic acids is 1. The van der Waals surface area contributed by atoms with Crippen LogP contribution in [-0.2, 0) is 11.3 Å². The average Bonchev–Trinajstić information content (AvgIpc) is 2.59. The molecular weight excluding hydrogens is 293 g/mol. The van der Waals surface area contributed by atoms with Crippen molar-refractivity contribution in [3.8, 4) is 5.75 Å². The molecular formula is C19H22FNO2. The zero-order chi connectivity index (χ0) is 16.7. The number of rotatable bonds is 7. The van der Waals surface area contributed by atoms with E-state index in [4.69, 9.17) is 4.74 Å². The van der Waals surface area contributed by atoms with E-state index in [1.165, 1.54) is 17.7 Å². The number of halogens is 1. The van der Waals surface area contributed by atoms with Gasteiger partial charge in [-0.2, -0.15) is 0 Å². The molecule has 0 saturated carbocycles. The molecule has 0 fully saturated rings. The van der Waals surface area contributed by atoms with Crippen LogP contribution in [0.5, 0.6) is 5.75 Å². The van der Waals surface area contributed by atoms with E-state index in [-0.39, 0.29) is 18.3 Å². The lowest BCUT2D eigenvalue weighted by molar-refractivity contribution is -0.123. The number of nitrogens with one attached hydrogen (secondary N) is 1. The molecule has 2 aromatic rings. The van der Waals surface area contributed by atoms with E-state index < -0.39 is 0 Å². The SMILES string of the molecule is CC[C@H](C)c1ccc(OCC(=O)NCc2ccc(F)cc2)cc1. The Morgan fingerprint density at radius 3 is 2.39 bits per heavy atom. The molecule has 1 amide bonds. The van der Waals surface area contributed by atoms with Crippen molar-refractivity contribution >= 4 is 5.91 Å². The number of amides is 1. The fraction of sp³-hybridized carbons (Fsp3) is 0.316. The molecule has 23 heavy (non-hydrogen) atoms. The smallest absolute Gasteiger partial charge is 0.258 e. The van der Waals surface area contributed by atoms with E-state index in [1.807, 2.05) is 24.3 Å². The molecule has 1 atom stereocenters. The van der Waals surface area contributed by atoms with E-state index in [0.717, 1.165) is 12.0 Å². The minimum absolute atomic E-state index is 0.0378. The van der Waals surface area contributed by atoms with Crippen LogP contribution in [0, 0.1) is 5.82 Å². The zero-order valence-corrected chi connectivity index (χ0v) is 13.5. The van der Waals surface area contributed by atoms with Crippen molar-refractivity contribution in [2.24, 2.45) is 0 Å². The van der Waals surface area contributed by atoms with Crippen LogP contribution < -0.4 is 10.1 Å². The van der Waals surface area contributed by atoms with Crippen LogP contribution >= 0.6 is 0 Å². The summed E-state index contributed by atoms with van der Waals surface area (Å²) in [5, 5.41) is 2.74. The van der Waals surface area contributed by atoms with Crippen molar-refractivity contribution in [2.45, 2.75) is 32.7 Å². The highest BCUT2D eigenvalue weighted by molar-refractivity contribution is 5.77. The van der Waals surface area contributed by atoms with Gasteiger partial charge in [-0.15, -0.1) is 0 Å². The molecule has 4 heteroatoms. The Bertz CT molecular complexity index is 623. The molecule has 0 spiro atoms. The molecule has 1 N–H and O–H groups in total. The number of hydrogen-bond donors (Lipinski definition) is 1. The third-order valence-electron chi connectivity index (χ3n) is 3.83. The molecule has 0 saturated heterocycles. The molecule has 2 rings (SSSR count). The van der Waals surface area contributed by atoms with Crippen molar-refractivity contribution in [3.05, 3.63) is 65.5 Å². The maximum absolute atomic E-state index is 12.8. The summed E-state index contributed by atoms with van der Waals surface area (Å²) >= 11 is 0. The van der Waals surface area contributed by atoms with Gasteiger partial charge in [-0.1, -0.05) is 38.1 Å². The van der Waals surface area contributed by atoms with Crippen LogP contribution in [-0.4, -0.2) is 12.5 Å². The molecule has 0 aromatic heterocycles. The van der Waals surface area contributed by atoms with Crippen LogP contribution in [0.25, 0.3) is 0 Å². The average molecular weight is 315 g/mol. The van der Waals surface area contributed by atoms with E-state index in [2.05, 4.69) is 19.2 Å². The monoisotopic (exact) mass is 315 g/mol. The first-order valence-electron chi connectivity index (χ1n) is 7.82. The predicted octanol–water partition coefficient (Wildman–Crippen LogP) is 4.03. The fourth-order valence-electron chi connectivity index (χ4n) is 2.13. The first-order valence-corrected chi connectivity index (χ1v) is 7.82. The molecule has 122 valence electrons. The Morgan fingerprint density at radius 1 is 1.13 bits per heavy atom. The molecule has 0 aliphatic heterocycles. The van der Waals surface area contributed by atoms with Gasteiger partial charge in [-0.05, 0) is 47.7 Å². The lowest BCUT2D eigenvalue weighted by Crippen LogP contribution is -2.28. The van der Waals surface area contributed by atoms with Crippen molar-refractivity contribution in [3.63, 3.8) is 0 Å². The normalized spacial score (nSPS) is 11.8. The van der Waals surface area contributed by atoms with Gasteiger partial charge >= 0.3 is 0 Å². The summed E-state index contributed by atoms with van der Waals surface area (Å²) in [4.78, 5) is 11.8. The van der Waals surface area contributed by atoms with Gasteiger partial charge in [0.25, 0.3) is 5.91 Å².